The van der Waals surface area contributed by atoms with E-state index in [1.807, 2.05) is 19.9 Å². The summed E-state index contributed by atoms with van der Waals surface area (Å²) >= 11 is 0. The second-order valence-corrected chi connectivity index (χ2v) is 5.14. The van der Waals surface area contributed by atoms with Gasteiger partial charge in [0.25, 0.3) is 11.5 Å². The smallest absolute Gasteiger partial charge is 0.268 e. The van der Waals surface area contributed by atoms with E-state index < -0.39 is 5.54 Å². The molecule has 5 heteroatoms. The van der Waals surface area contributed by atoms with E-state index in [-0.39, 0.29) is 17.2 Å². The molecule has 1 amide bonds. The first-order valence-corrected chi connectivity index (χ1v) is 6.07. The van der Waals surface area contributed by atoms with Gasteiger partial charge < -0.3 is 16.0 Å². The number of pyridine rings is 1. The molecule has 1 heterocycles. The highest BCUT2D eigenvalue weighted by Gasteiger charge is 2.20. The van der Waals surface area contributed by atoms with Crippen molar-refractivity contribution in [1.82, 2.24) is 10.3 Å². The summed E-state index contributed by atoms with van der Waals surface area (Å²) in [6.45, 7) is 3.96. The summed E-state index contributed by atoms with van der Waals surface area (Å²) in [5, 5.41) is 4.08. The minimum absolute atomic E-state index is 0.241. The Labute approximate surface area is 110 Å². The van der Waals surface area contributed by atoms with Crippen molar-refractivity contribution in [1.29, 1.82) is 0 Å². The molecule has 2 rings (SSSR count). The fourth-order valence-corrected chi connectivity index (χ4v) is 1.76. The number of hydrogen-bond donors (Lipinski definition) is 3. The minimum atomic E-state index is -0.514. The number of aromatic nitrogens is 1. The van der Waals surface area contributed by atoms with Crippen LogP contribution < -0.4 is 16.6 Å². The van der Waals surface area contributed by atoms with Crippen molar-refractivity contribution in [3.63, 3.8) is 0 Å². The molecule has 0 atom stereocenters. The van der Waals surface area contributed by atoms with Crippen molar-refractivity contribution >= 4 is 16.7 Å². The largest absolute Gasteiger partial charge is 0.345 e. The standard InChI is InChI=1S/C14H17N3O2/c1-14(2,8-15)17-13(19)11-7-9-5-3-4-6-10(9)12(18)16-11/h3-7H,8,15H2,1-2H3,(H,16,18)(H,17,19). The predicted molar refractivity (Wildman–Crippen MR) is 75.2 cm³/mol. The molecule has 0 aliphatic heterocycles. The number of nitrogens with two attached hydrogens (primary N) is 1. The predicted octanol–water partition coefficient (Wildman–Crippen LogP) is 0.995. The number of hydrogen-bond acceptors (Lipinski definition) is 3. The van der Waals surface area contributed by atoms with Crippen molar-refractivity contribution < 1.29 is 4.79 Å². The Bertz CT molecular complexity index is 674. The molecule has 0 aliphatic carbocycles. The number of carbonyl (C=O) groups is 1. The fourth-order valence-electron chi connectivity index (χ4n) is 1.76. The van der Waals surface area contributed by atoms with Gasteiger partial charge in [-0.15, -0.1) is 0 Å². The molecule has 0 unspecified atom stereocenters. The van der Waals surface area contributed by atoms with Gasteiger partial charge in [0.15, 0.2) is 0 Å². The third-order valence-electron chi connectivity index (χ3n) is 2.96. The summed E-state index contributed by atoms with van der Waals surface area (Å²) in [5.74, 6) is -0.335. The van der Waals surface area contributed by atoms with Crippen molar-refractivity contribution in [2.75, 3.05) is 6.54 Å². The van der Waals surface area contributed by atoms with Crippen molar-refractivity contribution in [3.05, 3.63) is 46.4 Å². The van der Waals surface area contributed by atoms with Crippen LogP contribution >= 0.6 is 0 Å². The second-order valence-electron chi connectivity index (χ2n) is 5.14. The molecule has 0 saturated heterocycles. The number of fused-ring (bicyclic) bond motifs is 1. The zero-order chi connectivity index (χ0) is 14.0. The van der Waals surface area contributed by atoms with E-state index in [1.165, 1.54) is 0 Å². The molecular weight excluding hydrogens is 242 g/mol. The molecule has 1 aromatic heterocycles. The van der Waals surface area contributed by atoms with Crippen LogP contribution in [0.15, 0.2) is 35.1 Å². The number of carbonyl (C=O) groups excluding carboxylic acids is 1. The van der Waals surface area contributed by atoms with E-state index >= 15 is 0 Å². The van der Waals surface area contributed by atoms with Gasteiger partial charge >= 0.3 is 0 Å². The van der Waals surface area contributed by atoms with Gasteiger partial charge in [-0.25, -0.2) is 0 Å². The molecule has 0 aliphatic rings. The molecule has 1 aromatic carbocycles. The number of rotatable bonds is 3. The van der Waals surface area contributed by atoms with Gasteiger partial charge in [-0.2, -0.15) is 0 Å². The minimum Gasteiger partial charge on any atom is -0.345 e. The van der Waals surface area contributed by atoms with E-state index in [0.29, 0.717) is 11.9 Å². The van der Waals surface area contributed by atoms with E-state index in [4.69, 9.17) is 5.73 Å². The maximum atomic E-state index is 12.1. The van der Waals surface area contributed by atoms with Gasteiger partial charge in [0.05, 0.1) is 0 Å². The summed E-state index contributed by atoms with van der Waals surface area (Å²) in [6.07, 6.45) is 0. The quantitative estimate of drug-likeness (QED) is 0.768. The number of nitrogens with one attached hydrogen (secondary N) is 2. The molecule has 100 valence electrons. The second kappa shape index (κ2) is 4.85. The van der Waals surface area contributed by atoms with Crippen LogP contribution in [0.5, 0.6) is 0 Å². The molecule has 0 saturated carbocycles. The molecule has 0 radical (unpaired) electrons. The summed E-state index contributed by atoms with van der Waals surface area (Å²) in [5.41, 5.74) is 5.02. The van der Waals surface area contributed by atoms with E-state index in [0.717, 1.165) is 5.39 Å². The van der Waals surface area contributed by atoms with E-state index in [2.05, 4.69) is 10.3 Å². The number of aromatic amines is 1. The Morgan fingerprint density at radius 2 is 2.05 bits per heavy atom. The lowest BCUT2D eigenvalue weighted by atomic mass is 10.1. The molecule has 19 heavy (non-hydrogen) atoms. The molecular formula is C14H17N3O2. The highest BCUT2D eigenvalue weighted by atomic mass is 16.2. The Hall–Kier alpha value is -2.14. The molecule has 0 spiro atoms. The number of H-pyrrole nitrogens is 1. The first kappa shape index (κ1) is 13.3. The summed E-state index contributed by atoms with van der Waals surface area (Å²) in [4.78, 5) is 26.5. The van der Waals surface area contributed by atoms with Crippen molar-refractivity contribution in [3.8, 4) is 0 Å². The third-order valence-corrected chi connectivity index (χ3v) is 2.96. The molecule has 0 fully saturated rings. The third kappa shape index (κ3) is 2.82. The van der Waals surface area contributed by atoms with Crippen LogP contribution in [0.2, 0.25) is 0 Å². The van der Waals surface area contributed by atoms with Crippen LogP contribution in [-0.2, 0) is 0 Å². The Morgan fingerprint density at radius 1 is 1.37 bits per heavy atom. The zero-order valence-electron chi connectivity index (χ0n) is 11.0. The topological polar surface area (TPSA) is 88.0 Å². The van der Waals surface area contributed by atoms with Gasteiger partial charge in [-0.3, -0.25) is 9.59 Å². The van der Waals surface area contributed by atoms with E-state index in [1.54, 1.807) is 24.3 Å². The Kier molecular flexibility index (Phi) is 3.40. The summed E-state index contributed by atoms with van der Waals surface area (Å²) < 4.78 is 0. The van der Waals surface area contributed by atoms with Gasteiger partial charge in [-0.1, -0.05) is 18.2 Å². The van der Waals surface area contributed by atoms with Crippen LogP contribution in [-0.4, -0.2) is 23.0 Å². The number of benzene rings is 1. The Balaban J connectivity index is 2.41. The molecule has 0 bridgehead atoms. The maximum absolute atomic E-state index is 12.1. The van der Waals surface area contributed by atoms with Gasteiger partial charge in [0, 0.05) is 17.5 Å². The maximum Gasteiger partial charge on any atom is 0.268 e. The first-order chi connectivity index (χ1) is 8.93. The Morgan fingerprint density at radius 3 is 2.74 bits per heavy atom. The lowest BCUT2D eigenvalue weighted by Crippen LogP contribution is -2.49. The van der Waals surface area contributed by atoms with Crippen LogP contribution in [0, 0.1) is 0 Å². The highest BCUT2D eigenvalue weighted by Crippen LogP contribution is 2.10. The van der Waals surface area contributed by atoms with Crippen LogP contribution in [0.3, 0.4) is 0 Å². The highest BCUT2D eigenvalue weighted by molar-refractivity contribution is 5.96. The van der Waals surface area contributed by atoms with Crippen molar-refractivity contribution in [2.45, 2.75) is 19.4 Å². The average Bonchev–Trinajstić information content (AvgIpc) is 2.38. The van der Waals surface area contributed by atoms with Gasteiger partial charge in [-0.05, 0) is 31.4 Å². The molecule has 2 aromatic rings. The average molecular weight is 259 g/mol. The first-order valence-electron chi connectivity index (χ1n) is 6.07. The SMILES string of the molecule is CC(C)(CN)NC(=O)c1cc2ccccc2c(=O)[nH]1. The molecule has 4 N–H and O–H groups in total. The van der Waals surface area contributed by atoms with Crippen LogP contribution in [0.4, 0.5) is 0 Å². The van der Waals surface area contributed by atoms with E-state index in [9.17, 15) is 9.59 Å². The molecule has 5 nitrogen and oxygen atoms in total. The van der Waals surface area contributed by atoms with Gasteiger partial charge in [0.1, 0.15) is 5.69 Å². The lowest BCUT2D eigenvalue weighted by molar-refractivity contribution is 0.0910. The lowest BCUT2D eigenvalue weighted by Gasteiger charge is -2.24. The number of amides is 1. The normalized spacial score (nSPS) is 11.5. The fraction of sp³-hybridized carbons (Fsp3) is 0.286. The van der Waals surface area contributed by atoms with Crippen molar-refractivity contribution in [2.24, 2.45) is 5.73 Å². The van der Waals surface area contributed by atoms with Crippen LogP contribution in [0.25, 0.3) is 10.8 Å². The van der Waals surface area contributed by atoms with Crippen LogP contribution in [0.1, 0.15) is 24.3 Å². The summed E-state index contributed by atoms with van der Waals surface area (Å²) in [6, 6.07) is 8.80. The zero-order valence-corrected chi connectivity index (χ0v) is 11.0. The monoisotopic (exact) mass is 259 g/mol. The summed E-state index contributed by atoms with van der Waals surface area (Å²) in [7, 11) is 0. The van der Waals surface area contributed by atoms with Gasteiger partial charge in [0.2, 0.25) is 0 Å².